The fourth-order valence-corrected chi connectivity index (χ4v) is 1.21. The molecule has 0 spiro atoms. The molecule has 0 aliphatic heterocycles. The number of carboxylic acid groups (broad SMARTS) is 1. The Morgan fingerprint density at radius 2 is 1.72 bits per heavy atom. The van der Waals surface area contributed by atoms with Gasteiger partial charge in [0.1, 0.15) is 6.04 Å². The number of ketones is 1. The van der Waals surface area contributed by atoms with Crippen LogP contribution in [0.15, 0.2) is 24.3 Å². The Kier molecular flexibility index (Phi) is 4.42. The number of carbonyl (C=O) groups is 3. The van der Waals surface area contributed by atoms with Crippen LogP contribution in [0.5, 0.6) is 0 Å². The van der Waals surface area contributed by atoms with Crippen molar-refractivity contribution in [1.29, 1.82) is 0 Å². The van der Waals surface area contributed by atoms with Crippen molar-refractivity contribution in [2.75, 3.05) is 5.32 Å². The monoisotopic (exact) mass is 250 g/mol. The van der Waals surface area contributed by atoms with E-state index in [4.69, 9.17) is 5.11 Å². The van der Waals surface area contributed by atoms with E-state index in [2.05, 4.69) is 10.6 Å². The summed E-state index contributed by atoms with van der Waals surface area (Å²) in [5, 5.41) is 13.3. The molecular formula is C12H14N2O4. The van der Waals surface area contributed by atoms with Gasteiger partial charge in [-0.15, -0.1) is 0 Å². The molecule has 6 heteroatoms. The van der Waals surface area contributed by atoms with Gasteiger partial charge < -0.3 is 15.7 Å². The van der Waals surface area contributed by atoms with Crippen molar-refractivity contribution in [3.8, 4) is 0 Å². The van der Waals surface area contributed by atoms with Crippen LogP contribution in [-0.2, 0) is 4.79 Å². The van der Waals surface area contributed by atoms with Gasteiger partial charge in [-0.1, -0.05) is 0 Å². The Bertz CT molecular complexity index is 467. The predicted molar refractivity (Wildman–Crippen MR) is 65.7 cm³/mol. The molecule has 0 saturated carbocycles. The van der Waals surface area contributed by atoms with Crippen LogP contribution in [-0.4, -0.2) is 28.9 Å². The van der Waals surface area contributed by atoms with E-state index in [1.807, 2.05) is 0 Å². The third-order valence-corrected chi connectivity index (χ3v) is 2.27. The normalized spacial score (nSPS) is 11.4. The van der Waals surface area contributed by atoms with Gasteiger partial charge >= 0.3 is 12.0 Å². The average Bonchev–Trinajstić information content (AvgIpc) is 2.29. The zero-order valence-electron chi connectivity index (χ0n) is 10.1. The summed E-state index contributed by atoms with van der Waals surface area (Å²) in [7, 11) is 0. The predicted octanol–water partition coefficient (Wildman–Crippen LogP) is 1.48. The Morgan fingerprint density at radius 3 is 2.17 bits per heavy atom. The lowest BCUT2D eigenvalue weighted by Gasteiger charge is -2.10. The molecule has 0 bridgehead atoms. The van der Waals surface area contributed by atoms with Crippen LogP contribution in [0.1, 0.15) is 24.2 Å². The van der Waals surface area contributed by atoms with Crippen molar-refractivity contribution in [1.82, 2.24) is 5.32 Å². The first-order valence-corrected chi connectivity index (χ1v) is 5.31. The van der Waals surface area contributed by atoms with E-state index in [1.54, 1.807) is 24.3 Å². The molecule has 0 fully saturated rings. The Labute approximate surface area is 104 Å². The van der Waals surface area contributed by atoms with Gasteiger partial charge in [0.05, 0.1) is 0 Å². The molecule has 0 saturated heterocycles. The zero-order chi connectivity index (χ0) is 13.7. The van der Waals surface area contributed by atoms with E-state index in [0.717, 1.165) is 0 Å². The van der Waals surface area contributed by atoms with Crippen molar-refractivity contribution in [3.63, 3.8) is 0 Å². The Hall–Kier alpha value is -2.37. The second kappa shape index (κ2) is 5.81. The van der Waals surface area contributed by atoms with Crippen LogP contribution in [0.4, 0.5) is 10.5 Å². The number of carboxylic acids is 1. The fraction of sp³-hybridized carbons (Fsp3) is 0.250. The lowest BCUT2D eigenvalue weighted by molar-refractivity contribution is -0.138. The van der Waals surface area contributed by atoms with Gasteiger partial charge in [0.15, 0.2) is 5.78 Å². The highest BCUT2D eigenvalue weighted by Gasteiger charge is 2.13. The standard InChI is InChI=1S/C12H14N2O4/c1-7(11(16)17)13-12(18)14-10-5-3-9(4-6-10)8(2)15/h3-7H,1-2H3,(H,16,17)(H2,13,14,18). The van der Waals surface area contributed by atoms with Crippen molar-refractivity contribution < 1.29 is 19.5 Å². The van der Waals surface area contributed by atoms with Crippen LogP contribution < -0.4 is 10.6 Å². The number of carbonyl (C=O) groups excluding carboxylic acids is 2. The maximum absolute atomic E-state index is 11.4. The van der Waals surface area contributed by atoms with Crippen molar-refractivity contribution in [2.45, 2.75) is 19.9 Å². The third kappa shape index (κ3) is 3.89. The Morgan fingerprint density at radius 1 is 1.17 bits per heavy atom. The van der Waals surface area contributed by atoms with E-state index in [9.17, 15) is 14.4 Å². The molecule has 1 aromatic rings. The summed E-state index contributed by atoms with van der Waals surface area (Å²) in [5.74, 6) is -1.18. The molecule has 1 unspecified atom stereocenters. The molecule has 18 heavy (non-hydrogen) atoms. The van der Waals surface area contributed by atoms with E-state index < -0.39 is 18.0 Å². The number of benzene rings is 1. The molecule has 0 aromatic heterocycles. The summed E-state index contributed by atoms with van der Waals surface area (Å²) >= 11 is 0. The first kappa shape index (κ1) is 13.7. The zero-order valence-corrected chi connectivity index (χ0v) is 10.1. The highest BCUT2D eigenvalue weighted by Crippen LogP contribution is 2.09. The van der Waals surface area contributed by atoms with E-state index in [1.165, 1.54) is 13.8 Å². The lowest BCUT2D eigenvalue weighted by atomic mass is 10.1. The molecule has 2 amide bonds. The minimum Gasteiger partial charge on any atom is -0.480 e. The molecule has 1 aromatic carbocycles. The summed E-state index contributed by atoms with van der Waals surface area (Å²) in [5.41, 5.74) is 1.02. The van der Waals surface area contributed by atoms with Gasteiger partial charge in [0, 0.05) is 11.3 Å². The van der Waals surface area contributed by atoms with Crippen LogP contribution in [0.2, 0.25) is 0 Å². The largest absolute Gasteiger partial charge is 0.480 e. The van der Waals surface area contributed by atoms with Crippen LogP contribution in [0.3, 0.4) is 0 Å². The number of aliphatic carboxylic acids is 1. The molecule has 3 N–H and O–H groups in total. The molecule has 0 radical (unpaired) electrons. The summed E-state index contributed by atoms with van der Waals surface area (Å²) in [6.07, 6.45) is 0. The first-order chi connectivity index (χ1) is 8.40. The van der Waals surface area contributed by atoms with Gasteiger partial charge in [-0.05, 0) is 38.1 Å². The van der Waals surface area contributed by atoms with Gasteiger partial charge in [-0.2, -0.15) is 0 Å². The number of anilines is 1. The number of nitrogens with one attached hydrogen (secondary N) is 2. The molecule has 0 heterocycles. The van der Waals surface area contributed by atoms with Crippen molar-refractivity contribution in [2.24, 2.45) is 0 Å². The fourth-order valence-electron chi connectivity index (χ4n) is 1.21. The van der Waals surface area contributed by atoms with Crippen LogP contribution in [0.25, 0.3) is 0 Å². The molecule has 0 aliphatic rings. The van der Waals surface area contributed by atoms with Crippen LogP contribution >= 0.6 is 0 Å². The number of amides is 2. The van der Waals surface area contributed by atoms with E-state index in [-0.39, 0.29) is 5.78 Å². The number of hydrogen-bond acceptors (Lipinski definition) is 3. The molecule has 6 nitrogen and oxygen atoms in total. The smallest absolute Gasteiger partial charge is 0.325 e. The number of rotatable bonds is 4. The lowest BCUT2D eigenvalue weighted by Crippen LogP contribution is -2.40. The van der Waals surface area contributed by atoms with Crippen molar-refractivity contribution in [3.05, 3.63) is 29.8 Å². The van der Waals surface area contributed by atoms with Gasteiger partial charge in [0.2, 0.25) is 0 Å². The van der Waals surface area contributed by atoms with Crippen LogP contribution in [0, 0.1) is 0 Å². The molecule has 0 aliphatic carbocycles. The van der Waals surface area contributed by atoms with Gasteiger partial charge in [-0.3, -0.25) is 9.59 Å². The molecule has 96 valence electrons. The Balaban J connectivity index is 2.60. The number of Topliss-reactive ketones (excluding diaryl/α,β-unsaturated/α-hetero) is 1. The van der Waals surface area contributed by atoms with Crippen molar-refractivity contribution >= 4 is 23.5 Å². The summed E-state index contributed by atoms with van der Waals surface area (Å²) in [4.78, 5) is 33.0. The van der Waals surface area contributed by atoms with E-state index in [0.29, 0.717) is 11.3 Å². The third-order valence-electron chi connectivity index (χ3n) is 2.27. The summed E-state index contributed by atoms with van der Waals surface area (Å²) in [6, 6.07) is 4.72. The highest BCUT2D eigenvalue weighted by molar-refractivity contribution is 5.95. The maximum atomic E-state index is 11.4. The molecule has 1 rings (SSSR count). The second-order valence-corrected chi connectivity index (χ2v) is 3.79. The number of urea groups is 1. The SMILES string of the molecule is CC(=O)c1ccc(NC(=O)NC(C)C(=O)O)cc1. The summed E-state index contributed by atoms with van der Waals surface area (Å²) in [6.45, 7) is 2.81. The first-order valence-electron chi connectivity index (χ1n) is 5.31. The topological polar surface area (TPSA) is 95.5 Å². The van der Waals surface area contributed by atoms with E-state index >= 15 is 0 Å². The average molecular weight is 250 g/mol. The second-order valence-electron chi connectivity index (χ2n) is 3.79. The quantitative estimate of drug-likeness (QED) is 0.705. The van der Waals surface area contributed by atoms with Gasteiger partial charge in [-0.25, -0.2) is 4.79 Å². The minimum absolute atomic E-state index is 0.0644. The minimum atomic E-state index is -1.11. The molecule has 1 atom stereocenters. The number of hydrogen-bond donors (Lipinski definition) is 3. The maximum Gasteiger partial charge on any atom is 0.325 e. The van der Waals surface area contributed by atoms with Gasteiger partial charge in [0.25, 0.3) is 0 Å². The summed E-state index contributed by atoms with van der Waals surface area (Å²) < 4.78 is 0. The highest BCUT2D eigenvalue weighted by atomic mass is 16.4. The molecular weight excluding hydrogens is 236 g/mol.